The molecule has 1 aromatic rings. The number of hydrogen-bond acceptors (Lipinski definition) is 2. The van der Waals surface area contributed by atoms with Gasteiger partial charge < -0.3 is 11.1 Å². The Morgan fingerprint density at radius 1 is 1.44 bits per heavy atom. The van der Waals surface area contributed by atoms with Crippen LogP contribution in [0.3, 0.4) is 0 Å². The molecule has 0 bridgehead atoms. The van der Waals surface area contributed by atoms with Gasteiger partial charge in [0.25, 0.3) is 0 Å². The van der Waals surface area contributed by atoms with Crippen molar-refractivity contribution in [2.45, 2.75) is 26.2 Å². The summed E-state index contributed by atoms with van der Waals surface area (Å²) in [5.74, 6) is 0.00514. The van der Waals surface area contributed by atoms with Crippen LogP contribution >= 0.6 is 12.2 Å². The number of carbonyl (C=O) groups excluding carboxylic acids is 1. The van der Waals surface area contributed by atoms with E-state index in [4.69, 9.17) is 18.0 Å². The zero-order chi connectivity index (χ0) is 12.0. The average Bonchev–Trinajstić information content (AvgIpc) is 2.27. The largest absolute Gasteiger partial charge is 0.389 e. The van der Waals surface area contributed by atoms with E-state index in [1.807, 2.05) is 12.1 Å². The molecule has 0 saturated carbocycles. The molecule has 3 N–H and O–H groups in total. The predicted molar refractivity (Wildman–Crippen MR) is 70.5 cm³/mol. The molecule has 0 aromatic heterocycles. The van der Waals surface area contributed by atoms with Gasteiger partial charge >= 0.3 is 0 Å². The second-order valence-corrected chi connectivity index (χ2v) is 4.00. The van der Waals surface area contributed by atoms with E-state index in [1.54, 1.807) is 12.1 Å². The molecule has 0 spiro atoms. The third-order valence-electron chi connectivity index (χ3n) is 2.22. The van der Waals surface area contributed by atoms with E-state index >= 15 is 0 Å². The van der Waals surface area contributed by atoms with Crippen LogP contribution < -0.4 is 11.1 Å². The maximum atomic E-state index is 11.6. The molecular formula is C12H16N2OS. The Kier molecular flexibility index (Phi) is 4.92. The van der Waals surface area contributed by atoms with Crippen LogP contribution in [0.2, 0.25) is 0 Å². The number of nitrogens with two attached hydrogens (primary N) is 1. The lowest BCUT2D eigenvalue weighted by atomic mass is 10.1. The zero-order valence-corrected chi connectivity index (χ0v) is 10.1. The van der Waals surface area contributed by atoms with Gasteiger partial charge in [0, 0.05) is 12.0 Å². The number of rotatable bonds is 5. The molecular weight excluding hydrogens is 220 g/mol. The van der Waals surface area contributed by atoms with Gasteiger partial charge in [-0.3, -0.25) is 4.79 Å². The van der Waals surface area contributed by atoms with Gasteiger partial charge in [0.05, 0.1) is 5.69 Å². The number of amides is 1. The fourth-order valence-electron chi connectivity index (χ4n) is 1.36. The highest BCUT2D eigenvalue weighted by Crippen LogP contribution is 2.15. The second kappa shape index (κ2) is 6.23. The first-order valence-corrected chi connectivity index (χ1v) is 5.74. The summed E-state index contributed by atoms with van der Waals surface area (Å²) in [4.78, 5) is 11.8. The lowest BCUT2D eigenvalue weighted by Crippen LogP contribution is -2.17. The topological polar surface area (TPSA) is 55.1 Å². The van der Waals surface area contributed by atoms with Crippen LogP contribution in [-0.2, 0) is 4.79 Å². The van der Waals surface area contributed by atoms with E-state index in [0.29, 0.717) is 22.7 Å². The normalized spacial score (nSPS) is 9.81. The molecule has 0 saturated heterocycles. The molecule has 1 aromatic carbocycles. The summed E-state index contributed by atoms with van der Waals surface area (Å²) in [6, 6.07) is 7.30. The average molecular weight is 236 g/mol. The summed E-state index contributed by atoms with van der Waals surface area (Å²) in [6.07, 6.45) is 2.42. The molecule has 0 radical (unpaired) electrons. The van der Waals surface area contributed by atoms with Crippen molar-refractivity contribution in [3.8, 4) is 0 Å². The molecule has 0 aliphatic heterocycles. The highest BCUT2D eigenvalue weighted by molar-refractivity contribution is 7.80. The van der Waals surface area contributed by atoms with Gasteiger partial charge in [-0.15, -0.1) is 0 Å². The molecule has 0 aliphatic carbocycles. The number of nitrogens with one attached hydrogen (secondary N) is 1. The number of carbonyl (C=O) groups is 1. The van der Waals surface area contributed by atoms with E-state index in [0.717, 1.165) is 12.8 Å². The van der Waals surface area contributed by atoms with Crippen LogP contribution in [-0.4, -0.2) is 10.9 Å². The quantitative estimate of drug-likeness (QED) is 0.772. The molecule has 0 atom stereocenters. The van der Waals surface area contributed by atoms with Crippen LogP contribution in [0.5, 0.6) is 0 Å². The van der Waals surface area contributed by atoms with E-state index in [-0.39, 0.29) is 5.91 Å². The van der Waals surface area contributed by atoms with Crippen molar-refractivity contribution in [2.75, 3.05) is 5.32 Å². The van der Waals surface area contributed by atoms with Crippen molar-refractivity contribution in [2.24, 2.45) is 5.73 Å². The van der Waals surface area contributed by atoms with Gasteiger partial charge in [0.1, 0.15) is 4.99 Å². The van der Waals surface area contributed by atoms with E-state index in [9.17, 15) is 4.79 Å². The lowest BCUT2D eigenvalue weighted by molar-refractivity contribution is -0.116. The first-order valence-electron chi connectivity index (χ1n) is 5.33. The first-order chi connectivity index (χ1) is 7.65. The Labute approximate surface area is 101 Å². The fraction of sp³-hybridized carbons (Fsp3) is 0.333. The third kappa shape index (κ3) is 3.62. The van der Waals surface area contributed by atoms with Gasteiger partial charge in [-0.2, -0.15) is 0 Å². The first kappa shape index (κ1) is 12.6. The van der Waals surface area contributed by atoms with Crippen LogP contribution in [0.15, 0.2) is 24.3 Å². The standard InChI is InChI=1S/C12H16N2OS/c1-2-3-8-11(15)14-10-7-5-4-6-9(10)12(13)16/h4-7H,2-3,8H2,1H3,(H2,13,16)(H,14,15). The Hall–Kier alpha value is -1.42. The summed E-state index contributed by atoms with van der Waals surface area (Å²) < 4.78 is 0. The molecule has 1 amide bonds. The minimum Gasteiger partial charge on any atom is -0.389 e. The zero-order valence-electron chi connectivity index (χ0n) is 9.32. The van der Waals surface area contributed by atoms with Crippen LogP contribution in [0.1, 0.15) is 31.7 Å². The molecule has 4 heteroatoms. The molecule has 0 aliphatic rings. The summed E-state index contributed by atoms with van der Waals surface area (Å²) >= 11 is 4.92. The molecule has 16 heavy (non-hydrogen) atoms. The molecule has 1 rings (SSSR count). The molecule has 0 fully saturated rings. The van der Waals surface area contributed by atoms with Crippen LogP contribution in [0, 0.1) is 0 Å². The number of unbranched alkanes of at least 4 members (excludes halogenated alkanes) is 1. The molecule has 86 valence electrons. The van der Waals surface area contributed by atoms with Crippen molar-refractivity contribution in [3.05, 3.63) is 29.8 Å². The van der Waals surface area contributed by atoms with Crippen molar-refractivity contribution >= 4 is 28.8 Å². The summed E-state index contributed by atoms with van der Waals surface area (Å²) in [7, 11) is 0. The van der Waals surface area contributed by atoms with E-state index in [1.165, 1.54) is 0 Å². The second-order valence-electron chi connectivity index (χ2n) is 3.56. The van der Waals surface area contributed by atoms with Crippen molar-refractivity contribution < 1.29 is 4.79 Å². The lowest BCUT2D eigenvalue weighted by Gasteiger charge is -2.09. The van der Waals surface area contributed by atoms with E-state index < -0.39 is 0 Å². The number of anilines is 1. The predicted octanol–water partition coefficient (Wildman–Crippen LogP) is 2.45. The summed E-state index contributed by atoms with van der Waals surface area (Å²) in [5, 5.41) is 2.82. The highest BCUT2D eigenvalue weighted by atomic mass is 32.1. The molecule has 0 unspecified atom stereocenters. The Morgan fingerprint density at radius 3 is 2.75 bits per heavy atom. The van der Waals surface area contributed by atoms with Crippen LogP contribution in [0.25, 0.3) is 0 Å². The van der Waals surface area contributed by atoms with Crippen molar-refractivity contribution in [1.29, 1.82) is 0 Å². The number of benzene rings is 1. The summed E-state index contributed by atoms with van der Waals surface area (Å²) in [6.45, 7) is 2.05. The monoisotopic (exact) mass is 236 g/mol. The van der Waals surface area contributed by atoms with Gasteiger partial charge in [-0.25, -0.2) is 0 Å². The Bertz CT molecular complexity index is 390. The Balaban J connectivity index is 2.73. The maximum Gasteiger partial charge on any atom is 0.224 e. The number of thiocarbonyl (C=S) groups is 1. The molecule has 3 nitrogen and oxygen atoms in total. The van der Waals surface area contributed by atoms with Crippen molar-refractivity contribution in [1.82, 2.24) is 0 Å². The van der Waals surface area contributed by atoms with Gasteiger partial charge in [0.2, 0.25) is 5.91 Å². The van der Waals surface area contributed by atoms with E-state index in [2.05, 4.69) is 12.2 Å². The number of hydrogen-bond donors (Lipinski definition) is 2. The minimum absolute atomic E-state index is 0.00514. The fourth-order valence-corrected chi connectivity index (χ4v) is 1.54. The third-order valence-corrected chi connectivity index (χ3v) is 2.44. The Morgan fingerprint density at radius 2 is 2.12 bits per heavy atom. The maximum absolute atomic E-state index is 11.6. The van der Waals surface area contributed by atoms with Gasteiger partial charge in [-0.05, 0) is 18.6 Å². The number of para-hydroxylation sites is 1. The summed E-state index contributed by atoms with van der Waals surface area (Å²) in [5.41, 5.74) is 6.97. The van der Waals surface area contributed by atoms with Crippen molar-refractivity contribution in [3.63, 3.8) is 0 Å². The highest BCUT2D eigenvalue weighted by Gasteiger charge is 2.07. The van der Waals surface area contributed by atoms with Crippen LogP contribution in [0.4, 0.5) is 5.69 Å². The van der Waals surface area contributed by atoms with Gasteiger partial charge in [0.15, 0.2) is 0 Å². The molecule has 0 heterocycles. The smallest absolute Gasteiger partial charge is 0.224 e. The SMILES string of the molecule is CCCCC(=O)Nc1ccccc1C(N)=S. The van der Waals surface area contributed by atoms with Gasteiger partial charge in [-0.1, -0.05) is 37.7 Å². The minimum atomic E-state index is 0.00514.